The van der Waals surface area contributed by atoms with E-state index in [1.165, 1.54) is 7.05 Å². The first kappa shape index (κ1) is 14.9. The van der Waals surface area contributed by atoms with Gasteiger partial charge in [0.05, 0.1) is 5.75 Å². The van der Waals surface area contributed by atoms with Crippen LogP contribution in [0.2, 0.25) is 0 Å². The molecule has 11 heteroatoms. The molecule has 1 atom stereocenters. The Balaban J connectivity index is 2.97. The van der Waals surface area contributed by atoms with Gasteiger partial charge in [0.2, 0.25) is 14.9 Å². The van der Waals surface area contributed by atoms with Gasteiger partial charge < -0.3 is 10.1 Å². The third-order valence-electron chi connectivity index (χ3n) is 1.90. The Hall–Kier alpha value is -1.20. The van der Waals surface area contributed by atoms with Crippen LogP contribution in [0, 0.1) is 0 Å². The molecule has 1 heterocycles. The summed E-state index contributed by atoms with van der Waals surface area (Å²) in [7, 11) is -6.06. The summed E-state index contributed by atoms with van der Waals surface area (Å²) in [6, 6.07) is 0. The van der Waals surface area contributed by atoms with E-state index in [1.54, 1.807) is 0 Å². The zero-order valence-electron chi connectivity index (χ0n) is 9.61. The molecule has 1 aliphatic heterocycles. The summed E-state index contributed by atoms with van der Waals surface area (Å²) in [6.07, 6.45) is -1.30. The Morgan fingerprint density at radius 3 is 2.72 bits per heavy atom. The Labute approximate surface area is 104 Å². The summed E-state index contributed by atoms with van der Waals surface area (Å²) in [5, 5.41) is 4.60. The molecule has 0 spiro atoms. The number of carbonyl (C=O) groups excluding carboxylic acids is 1. The van der Waals surface area contributed by atoms with Crippen LogP contribution in [0.1, 0.15) is 0 Å². The number of sulfone groups is 2. The van der Waals surface area contributed by atoms with E-state index in [1.807, 2.05) is 0 Å². The maximum atomic E-state index is 11.5. The second kappa shape index (κ2) is 5.20. The Bertz CT molecular complexity index is 563. The molecule has 0 aliphatic carbocycles. The molecule has 0 saturated carbocycles. The van der Waals surface area contributed by atoms with Gasteiger partial charge in [0.15, 0.2) is 5.94 Å². The van der Waals surface area contributed by atoms with Crippen LogP contribution in [-0.2, 0) is 29.2 Å². The number of nitrogens with zero attached hydrogens (tertiary/aromatic N) is 1. The molecule has 1 amide bonds. The molecule has 0 aromatic carbocycles. The second-order valence-corrected chi connectivity index (χ2v) is 7.61. The van der Waals surface area contributed by atoms with Gasteiger partial charge in [-0.25, -0.2) is 21.6 Å². The predicted molar refractivity (Wildman–Crippen MR) is 61.3 cm³/mol. The molecule has 1 aliphatic rings. The first-order chi connectivity index (χ1) is 8.15. The van der Waals surface area contributed by atoms with Gasteiger partial charge in [-0.3, -0.25) is 4.84 Å². The monoisotopic (exact) mass is 300 g/mol. The van der Waals surface area contributed by atoms with Crippen molar-refractivity contribution in [1.82, 2.24) is 5.32 Å². The third kappa shape index (κ3) is 3.92. The van der Waals surface area contributed by atoms with E-state index in [-0.39, 0.29) is 0 Å². The molecule has 0 aromatic heterocycles. The first-order valence-electron chi connectivity index (χ1n) is 4.64. The van der Waals surface area contributed by atoms with Gasteiger partial charge in [0, 0.05) is 13.3 Å². The fraction of sp³-hybridized carbons (Fsp3) is 0.714. The zero-order chi connectivity index (χ0) is 14.0. The lowest BCUT2D eigenvalue weighted by Gasteiger charge is -2.06. The second-order valence-electron chi connectivity index (χ2n) is 3.54. The number of hydrogen-bond donors (Lipinski definition) is 1. The topological polar surface area (TPSA) is 128 Å². The van der Waals surface area contributed by atoms with Crippen molar-refractivity contribution in [2.75, 3.05) is 25.0 Å². The molecule has 104 valence electrons. The highest BCUT2D eigenvalue weighted by Gasteiger charge is 2.40. The van der Waals surface area contributed by atoms with Gasteiger partial charge in [-0.05, 0) is 0 Å². The van der Waals surface area contributed by atoms with Crippen molar-refractivity contribution in [3.05, 3.63) is 0 Å². The normalized spacial score (nSPS) is 25.0. The highest BCUT2D eigenvalue weighted by atomic mass is 32.2. The van der Waals surface area contributed by atoms with E-state index in [4.69, 9.17) is 4.74 Å². The van der Waals surface area contributed by atoms with Crippen molar-refractivity contribution in [2.24, 2.45) is 5.16 Å². The fourth-order valence-electron chi connectivity index (χ4n) is 1.15. The van der Waals surface area contributed by atoms with E-state index >= 15 is 0 Å². The molecule has 1 rings (SSSR count). The lowest BCUT2D eigenvalue weighted by Crippen LogP contribution is -2.29. The van der Waals surface area contributed by atoms with E-state index in [0.29, 0.717) is 0 Å². The minimum atomic E-state index is -3.85. The number of rotatable bonds is 3. The summed E-state index contributed by atoms with van der Waals surface area (Å²) in [4.78, 5) is 15.0. The predicted octanol–water partition coefficient (Wildman–Crippen LogP) is -1.53. The largest absolute Gasteiger partial charge is 0.433 e. The minimum Gasteiger partial charge on any atom is -0.354 e. The summed E-state index contributed by atoms with van der Waals surface area (Å²) in [5.74, 6) is -1.24. The van der Waals surface area contributed by atoms with Crippen LogP contribution >= 0.6 is 0 Å². The van der Waals surface area contributed by atoms with E-state index in [2.05, 4.69) is 15.3 Å². The van der Waals surface area contributed by atoms with Crippen molar-refractivity contribution in [3.8, 4) is 0 Å². The van der Waals surface area contributed by atoms with Crippen LogP contribution in [0.25, 0.3) is 0 Å². The smallest absolute Gasteiger partial charge is 0.354 e. The van der Waals surface area contributed by atoms with E-state index < -0.39 is 48.6 Å². The molecule has 0 radical (unpaired) electrons. The SMILES string of the molecule is CNC(=O)ON=C1C(CS(C)(=O)=O)OCS1(=O)=O. The first-order valence-corrected chi connectivity index (χ1v) is 8.35. The molecule has 9 nitrogen and oxygen atoms in total. The van der Waals surface area contributed by atoms with Crippen LogP contribution in [0.4, 0.5) is 4.79 Å². The summed E-state index contributed by atoms with van der Waals surface area (Å²) in [6.45, 7) is 0. The van der Waals surface area contributed by atoms with Gasteiger partial charge in [-0.2, -0.15) is 0 Å². The lowest BCUT2D eigenvalue weighted by atomic mass is 10.4. The minimum absolute atomic E-state index is 0.553. The van der Waals surface area contributed by atoms with Crippen molar-refractivity contribution in [3.63, 3.8) is 0 Å². The Morgan fingerprint density at radius 1 is 1.61 bits per heavy atom. The van der Waals surface area contributed by atoms with Crippen LogP contribution in [-0.4, -0.2) is 59.1 Å². The van der Waals surface area contributed by atoms with Crippen molar-refractivity contribution in [2.45, 2.75) is 6.10 Å². The van der Waals surface area contributed by atoms with Crippen molar-refractivity contribution < 1.29 is 31.2 Å². The number of oxime groups is 1. The molecule has 18 heavy (non-hydrogen) atoms. The number of ether oxygens (including phenoxy) is 1. The Kier molecular flexibility index (Phi) is 4.29. The molecule has 1 N–H and O–H groups in total. The average molecular weight is 300 g/mol. The fourth-order valence-corrected chi connectivity index (χ4v) is 3.22. The van der Waals surface area contributed by atoms with Gasteiger partial charge >= 0.3 is 6.09 Å². The average Bonchev–Trinajstić information content (AvgIpc) is 2.49. The molecule has 0 bridgehead atoms. The molecule has 1 saturated heterocycles. The van der Waals surface area contributed by atoms with Crippen molar-refractivity contribution >= 4 is 30.8 Å². The Morgan fingerprint density at radius 2 is 2.22 bits per heavy atom. The molecular weight excluding hydrogens is 288 g/mol. The van der Waals surface area contributed by atoms with Gasteiger partial charge in [0.1, 0.15) is 15.9 Å². The van der Waals surface area contributed by atoms with Gasteiger partial charge in [0.25, 0.3) is 0 Å². The van der Waals surface area contributed by atoms with E-state index in [9.17, 15) is 21.6 Å². The standard InChI is InChI=1S/C7H12N2O7S2/c1-8-7(10)16-9-6-5(3-17(2,11)12)15-4-18(6,13)14/h5H,3-4H2,1-2H3,(H,8,10). The lowest BCUT2D eigenvalue weighted by molar-refractivity contribution is 0.145. The summed E-state index contributed by atoms with van der Waals surface area (Å²) >= 11 is 0. The quantitative estimate of drug-likeness (QED) is 0.494. The number of amides is 1. The molecule has 0 aromatic rings. The van der Waals surface area contributed by atoms with Crippen LogP contribution in [0.5, 0.6) is 0 Å². The maximum absolute atomic E-state index is 11.5. The number of carbonyl (C=O) groups is 1. The highest BCUT2D eigenvalue weighted by molar-refractivity contribution is 8.06. The van der Waals surface area contributed by atoms with Gasteiger partial charge in [-0.15, -0.1) is 0 Å². The van der Waals surface area contributed by atoms with Crippen LogP contribution in [0.3, 0.4) is 0 Å². The third-order valence-corrected chi connectivity index (χ3v) is 4.22. The summed E-state index contributed by atoms with van der Waals surface area (Å²) in [5.41, 5.74) is 0. The maximum Gasteiger partial charge on any atom is 0.433 e. The molecule has 1 unspecified atom stereocenters. The van der Waals surface area contributed by atoms with Gasteiger partial charge in [-0.1, -0.05) is 5.16 Å². The summed E-state index contributed by atoms with van der Waals surface area (Å²) < 4.78 is 50.0. The van der Waals surface area contributed by atoms with Crippen molar-refractivity contribution in [1.29, 1.82) is 0 Å². The van der Waals surface area contributed by atoms with Crippen LogP contribution < -0.4 is 5.32 Å². The highest BCUT2D eigenvalue weighted by Crippen LogP contribution is 2.16. The number of hydrogen-bond acceptors (Lipinski definition) is 8. The zero-order valence-corrected chi connectivity index (χ0v) is 11.2. The molecule has 1 fully saturated rings. The van der Waals surface area contributed by atoms with E-state index in [0.717, 1.165) is 6.26 Å². The number of nitrogens with one attached hydrogen (secondary N) is 1. The van der Waals surface area contributed by atoms with Crippen LogP contribution in [0.15, 0.2) is 5.16 Å². The molecular formula is C7H12N2O7S2.